The number of rotatable bonds is 4. The Kier molecular flexibility index (Phi) is 3.47. The van der Waals surface area contributed by atoms with Crippen LogP contribution in [0.1, 0.15) is 0 Å². The van der Waals surface area contributed by atoms with Crippen molar-refractivity contribution in [3.05, 3.63) is 60.8 Å². The molecule has 2 N–H and O–H groups in total. The third kappa shape index (κ3) is 2.61. The van der Waals surface area contributed by atoms with Gasteiger partial charge in [-0.1, -0.05) is 24.3 Å². The molecule has 2 nitrogen and oxygen atoms in total. The van der Waals surface area contributed by atoms with Crippen LogP contribution in [0.2, 0.25) is 0 Å². The highest BCUT2D eigenvalue weighted by molar-refractivity contribution is 7.99. The fraction of sp³-hybridized carbons (Fsp3) is 0.125. The molecule has 0 amide bonds. The molecule has 19 heavy (non-hydrogen) atoms. The lowest BCUT2D eigenvalue weighted by Crippen LogP contribution is -1.98. The van der Waals surface area contributed by atoms with Gasteiger partial charge in [0.25, 0.3) is 0 Å². The Balaban J connectivity index is 1.71. The van der Waals surface area contributed by atoms with Crippen molar-refractivity contribution < 1.29 is 0 Å². The molecule has 2 aromatic carbocycles. The first kappa shape index (κ1) is 12.2. The minimum Gasteiger partial charge on any atom is -0.398 e. The van der Waals surface area contributed by atoms with E-state index in [1.54, 1.807) is 0 Å². The molecule has 0 aliphatic rings. The van der Waals surface area contributed by atoms with Crippen LogP contribution in [0.3, 0.4) is 0 Å². The van der Waals surface area contributed by atoms with Crippen LogP contribution in [0.25, 0.3) is 10.9 Å². The fourth-order valence-electron chi connectivity index (χ4n) is 2.22. The quantitative estimate of drug-likeness (QED) is 0.572. The molecule has 0 fully saturated rings. The Hall–Kier alpha value is -1.87. The van der Waals surface area contributed by atoms with Gasteiger partial charge in [-0.15, -0.1) is 11.8 Å². The molecule has 1 heterocycles. The fourth-order valence-corrected chi connectivity index (χ4v) is 3.09. The number of nitrogens with two attached hydrogens (primary N) is 1. The monoisotopic (exact) mass is 268 g/mol. The topological polar surface area (TPSA) is 30.9 Å². The van der Waals surface area contributed by atoms with Crippen molar-refractivity contribution in [3.63, 3.8) is 0 Å². The van der Waals surface area contributed by atoms with E-state index in [0.29, 0.717) is 0 Å². The Morgan fingerprint density at radius 2 is 1.79 bits per heavy atom. The minimum absolute atomic E-state index is 0.854. The molecule has 96 valence electrons. The average molecular weight is 268 g/mol. The van der Waals surface area contributed by atoms with Gasteiger partial charge in [0.05, 0.1) is 5.52 Å². The first-order valence-electron chi connectivity index (χ1n) is 6.36. The summed E-state index contributed by atoms with van der Waals surface area (Å²) in [5.41, 5.74) is 8.04. The van der Waals surface area contributed by atoms with Crippen molar-refractivity contribution in [2.75, 3.05) is 11.5 Å². The van der Waals surface area contributed by atoms with Gasteiger partial charge >= 0.3 is 0 Å². The maximum Gasteiger partial charge on any atom is 0.0501 e. The van der Waals surface area contributed by atoms with Crippen molar-refractivity contribution in [2.45, 2.75) is 11.4 Å². The molecule has 1 aromatic heterocycles. The van der Waals surface area contributed by atoms with E-state index >= 15 is 0 Å². The number of anilines is 1. The summed E-state index contributed by atoms with van der Waals surface area (Å²) in [6.45, 7) is 0.993. The minimum atomic E-state index is 0.854. The Labute approximate surface area is 117 Å². The van der Waals surface area contributed by atoms with Gasteiger partial charge in [0, 0.05) is 34.5 Å². The van der Waals surface area contributed by atoms with Gasteiger partial charge in [-0.25, -0.2) is 0 Å². The number of benzene rings is 2. The molecular formula is C16H16N2S. The van der Waals surface area contributed by atoms with Crippen molar-refractivity contribution in [1.29, 1.82) is 0 Å². The highest BCUT2D eigenvalue weighted by atomic mass is 32.2. The standard InChI is InChI=1S/C16H16N2S/c17-15-7-4-8-16-14(15)9-10-18(16)11-12-19-13-5-2-1-3-6-13/h1-10H,11-12,17H2. The van der Waals surface area contributed by atoms with Crippen molar-refractivity contribution >= 4 is 28.4 Å². The maximum atomic E-state index is 5.97. The first-order chi connectivity index (χ1) is 9.34. The molecule has 0 aliphatic heterocycles. The zero-order valence-corrected chi connectivity index (χ0v) is 11.4. The second kappa shape index (κ2) is 5.41. The van der Waals surface area contributed by atoms with E-state index in [4.69, 9.17) is 5.73 Å². The summed E-state index contributed by atoms with van der Waals surface area (Å²) in [5.74, 6) is 1.06. The summed E-state index contributed by atoms with van der Waals surface area (Å²) in [6.07, 6.45) is 2.12. The Bertz CT molecular complexity index is 674. The second-order valence-electron chi connectivity index (χ2n) is 4.45. The molecule has 0 saturated heterocycles. The summed E-state index contributed by atoms with van der Waals surface area (Å²) in [5, 5.41) is 1.15. The summed E-state index contributed by atoms with van der Waals surface area (Å²) >= 11 is 1.88. The third-order valence-electron chi connectivity index (χ3n) is 3.19. The molecule has 0 bridgehead atoms. The SMILES string of the molecule is Nc1cccc2c1ccn2CCSc1ccccc1. The Morgan fingerprint density at radius 3 is 2.63 bits per heavy atom. The predicted molar refractivity (Wildman–Crippen MR) is 83.5 cm³/mol. The van der Waals surface area contributed by atoms with Gasteiger partial charge in [-0.3, -0.25) is 0 Å². The number of hydrogen-bond acceptors (Lipinski definition) is 2. The maximum absolute atomic E-state index is 5.97. The van der Waals surface area contributed by atoms with E-state index in [1.165, 1.54) is 10.4 Å². The van der Waals surface area contributed by atoms with Crippen molar-refractivity contribution in [3.8, 4) is 0 Å². The lowest BCUT2D eigenvalue weighted by molar-refractivity contribution is 0.807. The van der Waals surface area contributed by atoms with E-state index in [9.17, 15) is 0 Å². The first-order valence-corrected chi connectivity index (χ1v) is 7.34. The molecule has 0 saturated carbocycles. The van der Waals surface area contributed by atoms with Gasteiger partial charge in [-0.2, -0.15) is 0 Å². The molecular weight excluding hydrogens is 252 g/mol. The average Bonchev–Trinajstić information content (AvgIpc) is 2.85. The summed E-state index contributed by atoms with van der Waals surface area (Å²) in [6, 6.07) is 18.7. The number of thioether (sulfide) groups is 1. The van der Waals surface area contributed by atoms with E-state index in [-0.39, 0.29) is 0 Å². The molecule has 3 heteroatoms. The van der Waals surface area contributed by atoms with Gasteiger partial charge < -0.3 is 10.3 Å². The molecule has 0 atom stereocenters. The normalized spacial score (nSPS) is 10.9. The number of fused-ring (bicyclic) bond motifs is 1. The van der Waals surface area contributed by atoms with E-state index < -0.39 is 0 Å². The number of nitrogens with zero attached hydrogens (tertiary/aromatic N) is 1. The lowest BCUT2D eigenvalue weighted by atomic mass is 10.2. The summed E-state index contributed by atoms with van der Waals surface area (Å²) < 4.78 is 2.27. The van der Waals surface area contributed by atoms with Crippen LogP contribution >= 0.6 is 11.8 Å². The van der Waals surface area contributed by atoms with Crippen LogP contribution < -0.4 is 5.73 Å². The van der Waals surface area contributed by atoms with Crippen LogP contribution in [0.15, 0.2) is 65.7 Å². The molecule has 0 spiro atoms. The molecule has 3 rings (SSSR count). The summed E-state index contributed by atoms with van der Waals surface area (Å²) in [4.78, 5) is 1.32. The Morgan fingerprint density at radius 1 is 0.947 bits per heavy atom. The largest absolute Gasteiger partial charge is 0.398 e. The smallest absolute Gasteiger partial charge is 0.0501 e. The van der Waals surface area contributed by atoms with Crippen molar-refractivity contribution in [1.82, 2.24) is 4.57 Å². The van der Waals surface area contributed by atoms with Crippen molar-refractivity contribution in [2.24, 2.45) is 0 Å². The van der Waals surface area contributed by atoms with E-state index in [0.717, 1.165) is 23.4 Å². The van der Waals surface area contributed by atoms with Crippen LogP contribution in [0, 0.1) is 0 Å². The second-order valence-corrected chi connectivity index (χ2v) is 5.62. The lowest BCUT2D eigenvalue weighted by Gasteiger charge is -2.06. The van der Waals surface area contributed by atoms with Gasteiger partial charge in [0.1, 0.15) is 0 Å². The zero-order chi connectivity index (χ0) is 13.1. The number of aromatic nitrogens is 1. The van der Waals surface area contributed by atoms with Crippen LogP contribution in [-0.4, -0.2) is 10.3 Å². The number of aryl methyl sites for hydroxylation is 1. The zero-order valence-electron chi connectivity index (χ0n) is 10.6. The highest BCUT2D eigenvalue weighted by Gasteiger charge is 2.03. The van der Waals surface area contributed by atoms with E-state index in [1.807, 2.05) is 30.0 Å². The molecule has 3 aromatic rings. The molecule has 0 aliphatic carbocycles. The third-order valence-corrected chi connectivity index (χ3v) is 4.18. The van der Waals surface area contributed by atoms with E-state index in [2.05, 4.69) is 47.2 Å². The predicted octanol–water partition coefficient (Wildman–Crippen LogP) is 4.02. The number of hydrogen-bond donors (Lipinski definition) is 1. The molecule has 0 unspecified atom stereocenters. The van der Waals surface area contributed by atoms with Gasteiger partial charge in [-0.05, 0) is 30.3 Å². The van der Waals surface area contributed by atoms with Gasteiger partial charge in [0.15, 0.2) is 0 Å². The van der Waals surface area contributed by atoms with Gasteiger partial charge in [0.2, 0.25) is 0 Å². The summed E-state index contributed by atoms with van der Waals surface area (Å²) in [7, 11) is 0. The van der Waals surface area contributed by atoms with Crippen LogP contribution in [0.5, 0.6) is 0 Å². The molecule has 0 radical (unpaired) electrons. The highest BCUT2D eigenvalue weighted by Crippen LogP contribution is 2.23. The number of nitrogen functional groups attached to an aromatic ring is 1. The van der Waals surface area contributed by atoms with Crippen LogP contribution in [0.4, 0.5) is 5.69 Å². The van der Waals surface area contributed by atoms with Crippen LogP contribution in [-0.2, 0) is 6.54 Å².